The van der Waals surface area contributed by atoms with E-state index in [9.17, 15) is 0 Å². The zero-order valence-electron chi connectivity index (χ0n) is 10.7. The van der Waals surface area contributed by atoms with E-state index in [-0.39, 0.29) is 0 Å². The number of imidazole rings is 1. The Morgan fingerprint density at radius 1 is 1.50 bits per heavy atom. The second kappa shape index (κ2) is 5.08. The molecule has 2 aromatic rings. The predicted octanol–water partition coefficient (Wildman–Crippen LogP) is 1.67. The molecule has 96 valence electrons. The fourth-order valence-corrected chi connectivity index (χ4v) is 2.43. The Balaban J connectivity index is 1.57. The van der Waals surface area contributed by atoms with Crippen LogP contribution in [0, 0.1) is 5.92 Å². The highest BCUT2D eigenvalue weighted by Gasteiger charge is 2.39. The van der Waals surface area contributed by atoms with Gasteiger partial charge in [-0.3, -0.25) is 0 Å². The van der Waals surface area contributed by atoms with E-state index >= 15 is 0 Å². The first-order valence-corrected chi connectivity index (χ1v) is 6.52. The Morgan fingerprint density at radius 3 is 3.28 bits per heavy atom. The van der Waals surface area contributed by atoms with Crippen molar-refractivity contribution in [3.63, 3.8) is 0 Å². The van der Waals surface area contributed by atoms with E-state index in [1.807, 2.05) is 12.1 Å². The zero-order chi connectivity index (χ0) is 12.4. The number of nitrogens with one attached hydrogen (secondary N) is 1. The van der Waals surface area contributed by atoms with Crippen molar-refractivity contribution in [2.24, 2.45) is 5.92 Å². The van der Waals surface area contributed by atoms with Crippen molar-refractivity contribution in [2.75, 3.05) is 26.8 Å². The Kier molecular flexibility index (Phi) is 3.30. The van der Waals surface area contributed by atoms with Crippen LogP contribution in [-0.2, 0) is 4.74 Å². The van der Waals surface area contributed by atoms with E-state index in [4.69, 9.17) is 4.74 Å². The van der Waals surface area contributed by atoms with Crippen LogP contribution in [0.4, 0.5) is 0 Å². The molecule has 1 fully saturated rings. The van der Waals surface area contributed by atoms with Gasteiger partial charge in [0, 0.05) is 32.0 Å². The van der Waals surface area contributed by atoms with Crippen LogP contribution >= 0.6 is 0 Å². The summed E-state index contributed by atoms with van der Waals surface area (Å²) >= 11 is 0. The molecule has 1 N–H and O–H groups in total. The minimum absolute atomic E-state index is 0.639. The molecule has 2 unspecified atom stereocenters. The summed E-state index contributed by atoms with van der Waals surface area (Å²) in [6.45, 7) is 2.79. The Hall–Kier alpha value is -1.39. The number of hydrogen-bond acceptors (Lipinski definition) is 3. The number of aromatic nitrogens is 2. The van der Waals surface area contributed by atoms with Gasteiger partial charge in [-0.15, -0.1) is 0 Å². The van der Waals surface area contributed by atoms with E-state index in [0.717, 1.165) is 31.3 Å². The van der Waals surface area contributed by atoms with E-state index in [1.54, 1.807) is 7.11 Å². The average molecular weight is 245 g/mol. The smallest absolute Gasteiger partial charge is 0.136 e. The maximum Gasteiger partial charge on any atom is 0.136 e. The van der Waals surface area contributed by atoms with Crippen molar-refractivity contribution in [1.29, 1.82) is 0 Å². The summed E-state index contributed by atoms with van der Waals surface area (Å²) in [4.78, 5) is 4.68. The molecule has 0 spiro atoms. The van der Waals surface area contributed by atoms with Crippen molar-refractivity contribution in [1.82, 2.24) is 14.7 Å². The fourth-order valence-electron chi connectivity index (χ4n) is 2.43. The molecule has 1 aliphatic rings. The van der Waals surface area contributed by atoms with Crippen molar-refractivity contribution >= 4 is 5.65 Å². The number of ether oxygens (including phenoxy) is 1. The minimum Gasteiger partial charge on any atom is -0.383 e. The van der Waals surface area contributed by atoms with Crippen molar-refractivity contribution in [3.05, 3.63) is 36.3 Å². The van der Waals surface area contributed by atoms with Gasteiger partial charge in [0.2, 0.25) is 0 Å². The fraction of sp³-hybridized carbons (Fsp3) is 0.500. The third kappa shape index (κ3) is 2.40. The maximum absolute atomic E-state index is 5.02. The van der Waals surface area contributed by atoms with E-state index < -0.39 is 0 Å². The molecule has 1 saturated carbocycles. The standard InChI is InChI=1S/C14H19N3O/c1-18-7-5-15-9-11-8-12(11)13-10-17-6-3-2-4-14(17)16-13/h2-4,6,10-12,15H,5,7-9H2,1H3. The largest absolute Gasteiger partial charge is 0.383 e. The van der Waals surface area contributed by atoms with Crippen LogP contribution in [0.15, 0.2) is 30.6 Å². The second-order valence-electron chi connectivity index (χ2n) is 4.93. The lowest BCUT2D eigenvalue weighted by atomic mass is 10.2. The van der Waals surface area contributed by atoms with E-state index in [2.05, 4.69) is 33.2 Å². The third-order valence-electron chi connectivity index (χ3n) is 3.57. The number of rotatable bonds is 6. The van der Waals surface area contributed by atoms with Gasteiger partial charge < -0.3 is 14.5 Å². The number of nitrogens with zero attached hydrogens (tertiary/aromatic N) is 2. The molecule has 2 atom stereocenters. The van der Waals surface area contributed by atoms with Crippen LogP contribution < -0.4 is 5.32 Å². The van der Waals surface area contributed by atoms with Crippen LogP contribution in [0.1, 0.15) is 18.0 Å². The average Bonchev–Trinajstić information content (AvgIpc) is 3.03. The normalized spacial score (nSPS) is 22.5. The van der Waals surface area contributed by atoms with Crippen LogP contribution in [0.5, 0.6) is 0 Å². The van der Waals surface area contributed by atoms with Crippen LogP contribution in [0.3, 0.4) is 0 Å². The first-order chi connectivity index (χ1) is 8.88. The summed E-state index contributed by atoms with van der Waals surface area (Å²) in [5.74, 6) is 1.38. The number of pyridine rings is 1. The summed E-state index contributed by atoms with van der Waals surface area (Å²) in [5, 5.41) is 3.42. The molecule has 0 radical (unpaired) electrons. The highest BCUT2D eigenvalue weighted by molar-refractivity contribution is 5.41. The molecule has 0 aliphatic heterocycles. The van der Waals surface area contributed by atoms with Crippen molar-refractivity contribution in [2.45, 2.75) is 12.3 Å². The summed E-state index contributed by atoms with van der Waals surface area (Å²) in [5.41, 5.74) is 2.28. The molecular weight excluding hydrogens is 226 g/mol. The lowest BCUT2D eigenvalue weighted by Gasteiger charge is -2.02. The summed E-state index contributed by atoms with van der Waals surface area (Å²) < 4.78 is 7.12. The molecule has 2 aromatic heterocycles. The summed E-state index contributed by atoms with van der Waals surface area (Å²) in [7, 11) is 1.73. The summed E-state index contributed by atoms with van der Waals surface area (Å²) in [6, 6.07) is 6.12. The molecule has 0 aromatic carbocycles. The molecule has 4 heteroatoms. The quantitative estimate of drug-likeness (QED) is 0.787. The molecule has 18 heavy (non-hydrogen) atoms. The molecule has 0 amide bonds. The number of methoxy groups -OCH3 is 1. The lowest BCUT2D eigenvalue weighted by Crippen LogP contribution is -2.21. The minimum atomic E-state index is 0.639. The summed E-state index contributed by atoms with van der Waals surface area (Å²) in [6.07, 6.45) is 5.47. The Labute approximate surface area is 107 Å². The monoisotopic (exact) mass is 245 g/mol. The highest BCUT2D eigenvalue weighted by Crippen LogP contribution is 2.46. The number of hydrogen-bond donors (Lipinski definition) is 1. The molecule has 3 rings (SSSR count). The highest BCUT2D eigenvalue weighted by atomic mass is 16.5. The topological polar surface area (TPSA) is 38.6 Å². The van der Waals surface area contributed by atoms with Gasteiger partial charge in [-0.1, -0.05) is 6.07 Å². The Morgan fingerprint density at radius 2 is 2.44 bits per heavy atom. The van der Waals surface area contributed by atoms with Gasteiger partial charge >= 0.3 is 0 Å². The first kappa shape index (κ1) is 11.7. The van der Waals surface area contributed by atoms with Gasteiger partial charge in [0.25, 0.3) is 0 Å². The van der Waals surface area contributed by atoms with Gasteiger partial charge in [-0.25, -0.2) is 4.98 Å². The SMILES string of the molecule is COCCNCC1CC1c1cn2ccccc2n1. The van der Waals surface area contributed by atoms with E-state index in [0.29, 0.717) is 5.92 Å². The molecule has 4 nitrogen and oxygen atoms in total. The van der Waals surface area contributed by atoms with Gasteiger partial charge in [0.15, 0.2) is 0 Å². The van der Waals surface area contributed by atoms with Crippen molar-refractivity contribution in [3.8, 4) is 0 Å². The third-order valence-corrected chi connectivity index (χ3v) is 3.57. The lowest BCUT2D eigenvalue weighted by molar-refractivity contribution is 0.199. The molecule has 0 bridgehead atoms. The predicted molar refractivity (Wildman–Crippen MR) is 70.8 cm³/mol. The van der Waals surface area contributed by atoms with Gasteiger partial charge in [0.05, 0.1) is 12.3 Å². The van der Waals surface area contributed by atoms with Crippen LogP contribution in [-0.4, -0.2) is 36.2 Å². The van der Waals surface area contributed by atoms with Crippen LogP contribution in [0.25, 0.3) is 5.65 Å². The molecular formula is C14H19N3O. The number of fused-ring (bicyclic) bond motifs is 1. The maximum atomic E-state index is 5.02. The van der Waals surface area contributed by atoms with Gasteiger partial charge in [-0.05, 0) is 31.0 Å². The van der Waals surface area contributed by atoms with Gasteiger partial charge in [-0.2, -0.15) is 0 Å². The van der Waals surface area contributed by atoms with Crippen LogP contribution in [0.2, 0.25) is 0 Å². The Bertz CT molecular complexity index is 489. The van der Waals surface area contributed by atoms with Gasteiger partial charge in [0.1, 0.15) is 5.65 Å². The zero-order valence-corrected chi connectivity index (χ0v) is 10.7. The molecule has 1 aliphatic carbocycles. The molecule has 2 heterocycles. The van der Waals surface area contributed by atoms with Crippen molar-refractivity contribution < 1.29 is 4.74 Å². The molecule has 0 saturated heterocycles. The second-order valence-corrected chi connectivity index (χ2v) is 4.93. The van der Waals surface area contributed by atoms with E-state index in [1.165, 1.54) is 12.1 Å². The first-order valence-electron chi connectivity index (χ1n) is 6.52.